The third-order valence-electron chi connectivity index (χ3n) is 2.10. The molecule has 1 aromatic rings. The minimum Gasteiger partial charge on any atom is -0.494 e. The molecule has 0 spiro atoms. The first-order valence-electron chi connectivity index (χ1n) is 5.84. The topological polar surface area (TPSA) is 51.5 Å². The van der Waals surface area contributed by atoms with Crippen LogP contribution in [-0.2, 0) is 4.74 Å². The Balaban J connectivity index is 2.98. The highest BCUT2D eigenvalue weighted by atomic mass is 16.5. The van der Waals surface area contributed by atoms with Gasteiger partial charge in [-0.3, -0.25) is 5.41 Å². The number of hydrogen-bond acceptors (Lipinski definition) is 4. The van der Waals surface area contributed by atoms with Gasteiger partial charge in [-0.2, -0.15) is 0 Å². The van der Waals surface area contributed by atoms with E-state index in [2.05, 4.69) is 0 Å². The van der Waals surface area contributed by atoms with Crippen LogP contribution in [0.5, 0.6) is 11.5 Å². The van der Waals surface area contributed by atoms with Crippen molar-refractivity contribution in [1.29, 1.82) is 5.41 Å². The summed E-state index contributed by atoms with van der Waals surface area (Å²) in [4.78, 5) is 0. The van der Waals surface area contributed by atoms with Gasteiger partial charge in [0.1, 0.15) is 11.5 Å². The third-order valence-corrected chi connectivity index (χ3v) is 2.10. The van der Waals surface area contributed by atoms with Crippen molar-refractivity contribution in [2.45, 2.75) is 20.8 Å². The molecule has 1 rings (SSSR count). The third kappa shape index (κ3) is 3.66. The zero-order chi connectivity index (χ0) is 12.7. The van der Waals surface area contributed by atoms with E-state index >= 15 is 0 Å². The molecule has 4 heteroatoms. The second-order valence-electron chi connectivity index (χ2n) is 3.29. The van der Waals surface area contributed by atoms with Gasteiger partial charge in [-0.25, -0.2) is 0 Å². The zero-order valence-electron chi connectivity index (χ0n) is 10.6. The van der Waals surface area contributed by atoms with Crippen LogP contribution in [0.3, 0.4) is 0 Å². The minimum absolute atomic E-state index is 0.124. The molecule has 4 nitrogen and oxygen atoms in total. The van der Waals surface area contributed by atoms with Crippen molar-refractivity contribution in [3.8, 4) is 11.5 Å². The van der Waals surface area contributed by atoms with Gasteiger partial charge in [0.05, 0.1) is 25.4 Å². The van der Waals surface area contributed by atoms with Crippen LogP contribution in [0.25, 0.3) is 0 Å². The fraction of sp³-hybridized carbons (Fsp3) is 0.462. The van der Waals surface area contributed by atoms with Gasteiger partial charge in [0.15, 0.2) is 0 Å². The summed E-state index contributed by atoms with van der Waals surface area (Å²) in [5.41, 5.74) is 0.650. The smallest absolute Gasteiger partial charge is 0.217 e. The Morgan fingerprint density at radius 2 is 1.76 bits per heavy atom. The summed E-state index contributed by atoms with van der Waals surface area (Å²) >= 11 is 0. The normalized spacial score (nSPS) is 9.82. The molecule has 0 saturated carbocycles. The fourth-order valence-electron chi connectivity index (χ4n) is 1.44. The van der Waals surface area contributed by atoms with E-state index in [1.807, 2.05) is 26.8 Å². The summed E-state index contributed by atoms with van der Waals surface area (Å²) in [6, 6.07) is 5.39. The van der Waals surface area contributed by atoms with Crippen molar-refractivity contribution in [3.05, 3.63) is 23.8 Å². The van der Waals surface area contributed by atoms with Crippen molar-refractivity contribution < 1.29 is 14.2 Å². The number of benzene rings is 1. The zero-order valence-corrected chi connectivity index (χ0v) is 10.6. The molecule has 0 aromatic heterocycles. The van der Waals surface area contributed by atoms with Gasteiger partial charge in [0.25, 0.3) is 0 Å². The van der Waals surface area contributed by atoms with Gasteiger partial charge >= 0.3 is 0 Å². The van der Waals surface area contributed by atoms with Gasteiger partial charge in [0, 0.05) is 6.07 Å². The summed E-state index contributed by atoms with van der Waals surface area (Å²) in [5.74, 6) is 1.49. The Bertz CT molecular complexity index is 377. The maximum Gasteiger partial charge on any atom is 0.217 e. The van der Waals surface area contributed by atoms with Gasteiger partial charge < -0.3 is 14.2 Å². The van der Waals surface area contributed by atoms with E-state index in [1.165, 1.54) is 0 Å². The lowest BCUT2D eigenvalue weighted by molar-refractivity contribution is 0.311. The van der Waals surface area contributed by atoms with Crippen LogP contribution in [0.2, 0.25) is 0 Å². The summed E-state index contributed by atoms with van der Waals surface area (Å²) in [6.45, 7) is 7.30. The SMILES string of the molecule is CCOC(=N)c1ccc(OCC)cc1OCC. The summed E-state index contributed by atoms with van der Waals surface area (Å²) in [7, 11) is 0. The van der Waals surface area contributed by atoms with Gasteiger partial charge in [0.2, 0.25) is 5.90 Å². The van der Waals surface area contributed by atoms with Crippen LogP contribution in [0.1, 0.15) is 26.3 Å². The molecule has 94 valence electrons. The Kier molecular flexibility index (Phi) is 5.33. The van der Waals surface area contributed by atoms with Crippen molar-refractivity contribution in [3.63, 3.8) is 0 Å². The molecule has 1 aromatic carbocycles. The number of ether oxygens (including phenoxy) is 3. The maximum atomic E-state index is 7.78. The van der Waals surface area contributed by atoms with E-state index in [0.29, 0.717) is 31.1 Å². The maximum absolute atomic E-state index is 7.78. The molecule has 0 aliphatic rings. The molecule has 0 amide bonds. The molecule has 0 unspecified atom stereocenters. The quantitative estimate of drug-likeness (QED) is 0.611. The van der Waals surface area contributed by atoms with Crippen LogP contribution >= 0.6 is 0 Å². The Morgan fingerprint density at radius 1 is 1.06 bits per heavy atom. The van der Waals surface area contributed by atoms with E-state index in [9.17, 15) is 0 Å². The molecule has 1 N–H and O–H groups in total. The number of rotatable bonds is 6. The molecule has 0 aliphatic heterocycles. The highest BCUT2D eigenvalue weighted by Crippen LogP contribution is 2.25. The molecule has 0 fully saturated rings. The number of nitrogens with one attached hydrogen (secondary N) is 1. The van der Waals surface area contributed by atoms with Gasteiger partial charge in [-0.1, -0.05) is 0 Å². The minimum atomic E-state index is 0.124. The average Bonchev–Trinajstić information content (AvgIpc) is 2.30. The van der Waals surface area contributed by atoms with Crippen molar-refractivity contribution in [2.75, 3.05) is 19.8 Å². The second-order valence-corrected chi connectivity index (χ2v) is 3.29. The Labute approximate surface area is 102 Å². The van der Waals surface area contributed by atoms with Crippen LogP contribution in [0, 0.1) is 5.41 Å². The lowest BCUT2D eigenvalue weighted by Gasteiger charge is -2.13. The Morgan fingerprint density at radius 3 is 2.35 bits per heavy atom. The van der Waals surface area contributed by atoms with E-state index in [-0.39, 0.29) is 5.90 Å². The lowest BCUT2D eigenvalue weighted by Crippen LogP contribution is -2.08. The van der Waals surface area contributed by atoms with E-state index < -0.39 is 0 Å². The first kappa shape index (κ1) is 13.4. The predicted octanol–water partition coefficient (Wildman–Crippen LogP) is 2.85. The summed E-state index contributed by atoms with van der Waals surface area (Å²) in [6.07, 6.45) is 0. The molecule has 0 aliphatic carbocycles. The first-order valence-corrected chi connectivity index (χ1v) is 5.84. The second kappa shape index (κ2) is 6.78. The molecule has 0 radical (unpaired) electrons. The monoisotopic (exact) mass is 237 g/mol. The first-order chi connectivity index (χ1) is 8.22. The van der Waals surface area contributed by atoms with Crippen molar-refractivity contribution >= 4 is 5.90 Å². The fourth-order valence-corrected chi connectivity index (χ4v) is 1.44. The van der Waals surface area contributed by atoms with E-state index in [1.54, 1.807) is 12.1 Å². The van der Waals surface area contributed by atoms with Gasteiger partial charge in [-0.05, 0) is 32.9 Å². The van der Waals surface area contributed by atoms with Gasteiger partial charge in [-0.15, -0.1) is 0 Å². The van der Waals surface area contributed by atoms with Crippen molar-refractivity contribution in [1.82, 2.24) is 0 Å². The van der Waals surface area contributed by atoms with Crippen LogP contribution in [0.15, 0.2) is 18.2 Å². The summed E-state index contributed by atoms with van der Waals surface area (Å²) < 4.78 is 16.1. The highest BCUT2D eigenvalue weighted by Gasteiger charge is 2.11. The van der Waals surface area contributed by atoms with E-state index in [0.717, 1.165) is 5.75 Å². The average molecular weight is 237 g/mol. The molecule has 0 saturated heterocycles. The standard InChI is InChI=1S/C13H19NO3/c1-4-15-10-7-8-11(13(14)17-6-3)12(9-10)16-5-2/h7-9,14H,4-6H2,1-3H3. The molecule has 0 atom stereocenters. The van der Waals surface area contributed by atoms with Crippen LogP contribution in [0.4, 0.5) is 0 Å². The van der Waals surface area contributed by atoms with Crippen LogP contribution < -0.4 is 9.47 Å². The van der Waals surface area contributed by atoms with Crippen LogP contribution in [-0.4, -0.2) is 25.7 Å². The lowest BCUT2D eigenvalue weighted by atomic mass is 10.2. The number of hydrogen-bond donors (Lipinski definition) is 1. The Hall–Kier alpha value is -1.71. The largest absolute Gasteiger partial charge is 0.494 e. The molecular formula is C13H19NO3. The van der Waals surface area contributed by atoms with E-state index in [4.69, 9.17) is 19.6 Å². The summed E-state index contributed by atoms with van der Waals surface area (Å²) in [5, 5.41) is 7.78. The molecule has 0 bridgehead atoms. The molecule has 0 heterocycles. The predicted molar refractivity (Wildman–Crippen MR) is 67.2 cm³/mol. The highest BCUT2D eigenvalue weighted by molar-refractivity contribution is 5.94. The molecule has 17 heavy (non-hydrogen) atoms. The molecular weight excluding hydrogens is 218 g/mol. The van der Waals surface area contributed by atoms with Crippen molar-refractivity contribution in [2.24, 2.45) is 0 Å².